The monoisotopic (exact) mass is 335 g/mol. The van der Waals surface area contributed by atoms with E-state index in [-0.39, 0.29) is 5.91 Å². The fourth-order valence-electron chi connectivity index (χ4n) is 2.57. The molecule has 0 spiro atoms. The molecule has 3 rings (SSSR count). The second kappa shape index (κ2) is 7.66. The second-order valence-corrected chi connectivity index (χ2v) is 5.86. The topological polar surface area (TPSA) is 55.6 Å². The van der Waals surface area contributed by atoms with E-state index < -0.39 is 0 Å². The highest BCUT2D eigenvalue weighted by atomic mass is 16.5. The van der Waals surface area contributed by atoms with Gasteiger partial charge in [-0.1, -0.05) is 18.2 Å². The van der Waals surface area contributed by atoms with Gasteiger partial charge in [-0.05, 0) is 42.3 Å². The normalized spacial score (nSPS) is 11.1. The highest BCUT2D eigenvalue weighted by Gasteiger charge is 2.02. The summed E-state index contributed by atoms with van der Waals surface area (Å²) in [7, 11) is 1.62. The van der Waals surface area contributed by atoms with E-state index in [1.54, 1.807) is 13.2 Å². The van der Waals surface area contributed by atoms with E-state index in [0.717, 1.165) is 22.7 Å². The Labute approximate surface area is 147 Å². The maximum absolute atomic E-state index is 11.9. The zero-order chi connectivity index (χ0) is 17.6. The van der Waals surface area contributed by atoms with Crippen molar-refractivity contribution in [2.24, 2.45) is 0 Å². The maximum Gasteiger partial charge on any atom is 0.244 e. The molecule has 2 heterocycles. The summed E-state index contributed by atoms with van der Waals surface area (Å²) in [5.74, 6) is 0.645. The lowest BCUT2D eigenvalue weighted by molar-refractivity contribution is -0.116. The average molecular weight is 335 g/mol. The van der Waals surface area contributed by atoms with Gasteiger partial charge in [0, 0.05) is 31.4 Å². The van der Waals surface area contributed by atoms with Crippen LogP contribution in [0, 0.1) is 6.92 Å². The van der Waals surface area contributed by atoms with Crippen LogP contribution in [0.2, 0.25) is 0 Å². The summed E-state index contributed by atoms with van der Waals surface area (Å²) in [4.78, 5) is 16.5. The summed E-state index contributed by atoms with van der Waals surface area (Å²) in [6, 6.07) is 11.6. The van der Waals surface area contributed by atoms with E-state index in [9.17, 15) is 4.79 Å². The van der Waals surface area contributed by atoms with Crippen molar-refractivity contribution in [3.05, 3.63) is 71.7 Å². The van der Waals surface area contributed by atoms with Gasteiger partial charge in [-0.3, -0.25) is 4.79 Å². The van der Waals surface area contributed by atoms with Crippen molar-refractivity contribution in [2.75, 3.05) is 13.7 Å². The summed E-state index contributed by atoms with van der Waals surface area (Å²) < 4.78 is 7.17. The molecule has 0 aliphatic rings. The number of imidazole rings is 1. The minimum Gasteiger partial charge on any atom is -0.497 e. The fourth-order valence-corrected chi connectivity index (χ4v) is 2.57. The van der Waals surface area contributed by atoms with Crippen LogP contribution in [0.3, 0.4) is 0 Å². The number of aromatic nitrogens is 2. The minimum atomic E-state index is -0.123. The van der Waals surface area contributed by atoms with Crippen LogP contribution >= 0.6 is 0 Å². The number of fused-ring (bicyclic) bond motifs is 1. The molecule has 1 N–H and O–H groups in total. The van der Waals surface area contributed by atoms with Crippen molar-refractivity contribution >= 4 is 17.6 Å². The average Bonchev–Trinajstić information content (AvgIpc) is 3.02. The molecule has 0 aliphatic heterocycles. The van der Waals surface area contributed by atoms with Crippen molar-refractivity contribution in [3.63, 3.8) is 0 Å². The number of carbonyl (C=O) groups excluding carboxylic acids is 1. The summed E-state index contributed by atoms with van der Waals surface area (Å²) >= 11 is 0. The number of hydrogen-bond donors (Lipinski definition) is 1. The zero-order valence-electron chi connectivity index (χ0n) is 14.4. The van der Waals surface area contributed by atoms with Crippen LogP contribution in [0.4, 0.5) is 0 Å². The molecule has 1 aromatic carbocycles. The van der Waals surface area contributed by atoms with Crippen LogP contribution in [0.5, 0.6) is 5.75 Å². The van der Waals surface area contributed by atoms with Crippen molar-refractivity contribution < 1.29 is 9.53 Å². The van der Waals surface area contributed by atoms with Crippen LogP contribution in [-0.4, -0.2) is 28.9 Å². The zero-order valence-corrected chi connectivity index (χ0v) is 14.4. The molecular weight excluding hydrogens is 314 g/mol. The van der Waals surface area contributed by atoms with Gasteiger partial charge >= 0.3 is 0 Å². The third kappa shape index (κ3) is 4.47. The SMILES string of the molecule is COc1cccc(/C=C/C(=O)NCCc2cn3cc(C)ccc3n2)c1. The Kier molecular flexibility index (Phi) is 5.14. The summed E-state index contributed by atoms with van der Waals surface area (Å²) in [6.45, 7) is 2.60. The second-order valence-electron chi connectivity index (χ2n) is 5.86. The van der Waals surface area contributed by atoms with Crippen molar-refractivity contribution in [1.29, 1.82) is 0 Å². The molecule has 1 amide bonds. The molecule has 5 nitrogen and oxygen atoms in total. The van der Waals surface area contributed by atoms with Crippen LogP contribution in [0.15, 0.2) is 54.9 Å². The Balaban J connectivity index is 1.52. The lowest BCUT2D eigenvalue weighted by Gasteiger charge is -2.01. The highest BCUT2D eigenvalue weighted by Crippen LogP contribution is 2.13. The Bertz CT molecular complexity index is 912. The molecule has 0 fully saturated rings. The Morgan fingerprint density at radius 2 is 2.16 bits per heavy atom. The first-order valence-electron chi connectivity index (χ1n) is 8.18. The first-order valence-corrected chi connectivity index (χ1v) is 8.18. The van der Waals surface area contributed by atoms with Crippen molar-refractivity contribution in [3.8, 4) is 5.75 Å². The van der Waals surface area contributed by atoms with Gasteiger partial charge in [0.15, 0.2) is 0 Å². The largest absolute Gasteiger partial charge is 0.497 e. The third-order valence-electron chi connectivity index (χ3n) is 3.85. The number of carbonyl (C=O) groups is 1. The predicted molar refractivity (Wildman–Crippen MR) is 98.7 cm³/mol. The number of hydrogen-bond acceptors (Lipinski definition) is 3. The van der Waals surface area contributed by atoms with Crippen molar-refractivity contribution in [1.82, 2.24) is 14.7 Å². The number of nitrogens with one attached hydrogen (secondary N) is 1. The number of aryl methyl sites for hydroxylation is 1. The molecule has 0 unspecified atom stereocenters. The number of methoxy groups -OCH3 is 1. The minimum absolute atomic E-state index is 0.123. The standard InChI is InChI=1S/C20H21N3O2/c1-15-6-8-19-22-17(14-23(19)13-15)10-11-21-20(24)9-7-16-4-3-5-18(12-16)25-2/h3-9,12-14H,10-11H2,1-2H3,(H,21,24)/b9-7+. The molecule has 25 heavy (non-hydrogen) atoms. The van der Waals surface area contributed by atoms with Crippen LogP contribution in [0.25, 0.3) is 11.7 Å². The Morgan fingerprint density at radius 1 is 1.28 bits per heavy atom. The van der Waals surface area contributed by atoms with E-state index in [1.165, 1.54) is 11.6 Å². The van der Waals surface area contributed by atoms with Gasteiger partial charge in [-0.25, -0.2) is 4.98 Å². The molecule has 3 aromatic rings. The molecule has 0 aliphatic carbocycles. The molecule has 2 aromatic heterocycles. The van der Waals surface area contributed by atoms with Gasteiger partial charge in [0.1, 0.15) is 11.4 Å². The number of rotatable bonds is 6. The smallest absolute Gasteiger partial charge is 0.244 e. The number of ether oxygens (including phenoxy) is 1. The molecule has 5 heteroatoms. The first kappa shape index (κ1) is 16.8. The van der Waals surface area contributed by atoms with E-state index in [0.29, 0.717) is 13.0 Å². The predicted octanol–water partition coefficient (Wildman–Crippen LogP) is 3.02. The maximum atomic E-state index is 11.9. The van der Waals surface area contributed by atoms with Gasteiger partial charge in [0.2, 0.25) is 5.91 Å². The van der Waals surface area contributed by atoms with Crippen molar-refractivity contribution in [2.45, 2.75) is 13.3 Å². The molecule has 0 radical (unpaired) electrons. The molecule has 0 saturated carbocycles. The highest BCUT2D eigenvalue weighted by molar-refractivity contribution is 5.91. The van der Waals surface area contributed by atoms with Gasteiger partial charge in [-0.15, -0.1) is 0 Å². The van der Waals surface area contributed by atoms with E-state index >= 15 is 0 Å². The molecule has 0 bridgehead atoms. The van der Waals surface area contributed by atoms with Gasteiger partial charge in [0.05, 0.1) is 12.8 Å². The lowest BCUT2D eigenvalue weighted by Crippen LogP contribution is -2.23. The van der Waals surface area contributed by atoms with E-state index in [2.05, 4.69) is 10.3 Å². The number of nitrogens with zero attached hydrogens (tertiary/aromatic N) is 2. The molecule has 128 valence electrons. The third-order valence-corrected chi connectivity index (χ3v) is 3.85. The number of pyridine rings is 1. The quantitative estimate of drug-likeness (QED) is 0.705. The summed E-state index contributed by atoms with van der Waals surface area (Å²) in [5, 5.41) is 2.88. The molecule has 0 saturated heterocycles. The van der Waals surface area contributed by atoms with Crippen LogP contribution in [-0.2, 0) is 11.2 Å². The van der Waals surface area contributed by atoms with Gasteiger partial charge in [0.25, 0.3) is 0 Å². The van der Waals surface area contributed by atoms with Gasteiger partial charge < -0.3 is 14.5 Å². The Hall–Kier alpha value is -3.08. The van der Waals surface area contributed by atoms with Crippen LogP contribution in [0.1, 0.15) is 16.8 Å². The molecular formula is C20H21N3O2. The summed E-state index contributed by atoms with van der Waals surface area (Å²) in [6.07, 6.45) is 8.04. The molecule has 0 atom stereocenters. The van der Waals surface area contributed by atoms with Crippen LogP contribution < -0.4 is 10.1 Å². The summed E-state index contributed by atoms with van der Waals surface area (Å²) in [5.41, 5.74) is 3.99. The van der Waals surface area contributed by atoms with E-state index in [1.807, 2.05) is 60.1 Å². The fraction of sp³-hybridized carbons (Fsp3) is 0.200. The number of benzene rings is 1. The van der Waals surface area contributed by atoms with E-state index in [4.69, 9.17) is 4.74 Å². The number of amides is 1. The lowest BCUT2D eigenvalue weighted by atomic mass is 10.2. The van der Waals surface area contributed by atoms with Gasteiger partial charge in [-0.2, -0.15) is 0 Å². The first-order chi connectivity index (χ1) is 12.1. The Morgan fingerprint density at radius 3 is 3.00 bits per heavy atom.